The highest BCUT2D eigenvalue weighted by molar-refractivity contribution is 5.94. The second kappa shape index (κ2) is 7.22. The summed E-state index contributed by atoms with van der Waals surface area (Å²) in [5.41, 5.74) is 2.10. The molecule has 120 valence electrons. The number of carbonyl (C=O) groups excluding carboxylic acids is 1. The normalized spacial score (nSPS) is 21.0. The molecule has 1 amide bonds. The second-order valence-corrected chi connectivity index (χ2v) is 6.32. The van der Waals surface area contributed by atoms with E-state index in [9.17, 15) is 4.79 Å². The Hall–Kier alpha value is -1.43. The summed E-state index contributed by atoms with van der Waals surface area (Å²) in [4.78, 5) is 19.2. The highest BCUT2D eigenvalue weighted by Gasteiger charge is 2.20. The van der Waals surface area contributed by atoms with E-state index < -0.39 is 0 Å². The van der Waals surface area contributed by atoms with E-state index in [1.165, 1.54) is 5.56 Å². The quantitative estimate of drug-likeness (QED) is 0.881. The molecule has 5 heteroatoms. The van der Waals surface area contributed by atoms with Gasteiger partial charge in [0.05, 0.1) is 0 Å². The lowest BCUT2D eigenvalue weighted by Gasteiger charge is -2.32. The number of hydrogen-bond donors (Lipinski definition) is 1. The van der Waals surface area contributed by atoms with E-state index in [-0.39, 0.29) is 5.91 Å². The second-order valence-electron chi connectivity index (χ2n) is 6.32. The van der Waals surface area contributed by atoms with Crippen LogP contribution in [0.15, 0.2) is 24.3 Å². The molecule has 2 saturated heterocycles. The van der Waals surface area contributed by atoms with E-state index >= 15 is 0 Å². The first-order chi connectivity index (χ1) is 10.7. The third-order valence-electron chi connectivity index (χ3n) is 4.61. The molecule has 1 aromatic rings. The SMILES string of the molecule is CN1CCN(C(=O)c2ccc(CN3CCNCC3)cc2)CC1. The lowest BCUT2D eigenvalue weighted by Crippen LogP contribution is -2.47. The van der Waals surface area contributed by atoms with Crippen LogP contribution < -0.4 is 5.32 Å². The van der Waals surface area contributed by atoms with Gasteiger partial charge in [-0.1, -0.05) is 12.1 Å². The van der Waals surface area contributed by atoms with Gasteiger partial charge in [0.1, 0.15) is 0 Å². The maximum absolute atomic E-state index is 12.5. The molecular weight excluding hydrogens is 276 g/mol. The van der Waals surface area contributed by atoms with Crippen molar-refractivity contribution >= 4 is 5.91 Å². The molecule has 3 rings (SSSR count). The summed E-state index contributed by atoms with van der Waals surface area (Å²) in [5.74, 6) is 0.168. The van der Waals surface area contributed by atoms with Gasteiger partial charge in [0.15, 0.2) is 0 Å². The van der Waals surface area contributed by atoms with E-state index in [0.29, 0.717) is 0 Å². The molecule has 0 spiro atoms. The Bertz CT molecular complexity index is 488. The van der Waals surface area contributed by atoms with Gasteiger partial charge >= 0.3 is 0 Å². The van der Waals surface area contributed by atoms with Crippen LogP contribution in [0.1, 0.15) is 15.9 Å². The van der Waals surface area contributed by atoms with Crippen LogP contribution in [0.3, 0.4) is 0 Å². The first-order valence-electron chi connectivity index (χ1n) is 8.22. The van der Waals surface area contributed by atoms with Crippen LogP contribution >= 0.6 is 0 Å². The standard InChI is InChI=1S/C17H26N4O/c1-19-10-12-21(13-11-19)17(22)16-4-2-15(3-5-16)14-20-8-6-18-7-9-20/h2-5,18H,6-14H2,1H3. The third kappa shape index (κ3) is 3.85. The molecule has 0 saturated carbocycles. The highest BCUT2D eigenvalue weighted by Crippen LogP contribution is 2.12. The Labute approximate surface area is 132 Å². The van der Waals surface area contributed by atoms with Gasteiger partial charge in [-0.2, -0.15) is 0 Å². The van der Waals surface area contributed by atoms with Crippen LogP contribution in [-0.2, 0) is 6.54 Å². The Morgan fingerprint density at radius 1 is 1.00 bits per heavy atom. The molecule has 0 bridgehead atoms. The molecule has 5 nitrogen and oxygen atoms in total. The Morgan fingerprint density at radius 2 is 1.64 bits per heavy atom. The summed E-state index contributed by atoms with van der Waals surface area (Å²) in [6.45, 7) is 8.91. The van der Waals surface area contributed by atoms with Gasteiger partial charge in [-0.15, -0.1) is 0 Å². The first kappa shape index (κ1) is 15.5. The lowest BCUT2D eigenvalue weighted by molar-refractivity contribution is 0.0664. The fraction of sp³-hybridized carbons (Fsp3) is 0.588. The van der Waals surface area contributed by atoms with Crippen LogP contribution in [0.5, 0.6) is 0 Å². The van der Waals surface area contributed by atoms with Gasteiger partial charge < -0.3 is 15.1 Å². The molecular formula is C17H26N4O. The average molecular weight is 302 g/mol. The maximum Gasteiger partial charge on any atom is 0.253 e. The zero-order chi connectivity index (χ0) is 15.4. The minimum atomic E-state index is 0.168. The topological polar surface area (TPSA) is 38.8 Å². The number of benzene rings is 1. The molecule has 2 aliphatic heterocycles. The van der Waals surface area contributed by atoms with Crippen LogP contribution in [0, 0.1) is 0 Å². The Kier molecular flexibility index (Phi) is 5.08. The van der Waals surface area contributed by atoms with Crippen molar-refractivity contribution in [2.45, 2.75) is 6.54 Å². The summed E-state index contributed by atoms with van der Waals surface area (Å²) < 4.78 is 0. The van der Waals surface area contributed by atoms with Gasteiger partial charge in [0.2, 0.25) is 0 Å². The first-order valence-corrected chi connectivity index (χ1v) is 8.22. The van der Waals surface area contributed by atoms with Crippen molar-refractivity contribution in [3.05, 3.63) is 35.4 Å². The van der Waals surface area contributed by atoms with Gasteiger partial charge in [0, 0.05) is 64.5 Å². The monoisotopic (exact) mass is 302 g/mol. The zero-order valence-electron chi connectivity index (χ0n) is 13.4. The number of rotatable bonds is 3. The maximum atomic E-state index is 12.5. The van der Waals surface area contributed by atoms with Crippen molar-refractivity contribution in [3.63, 3.8) is 0 Å². The van der Waals surface area contributed by atoms with Gasteiger partial charge in [0.25, 0.3) is 5.91 Å². The number of carbonyl (C=O) groups is 1. The van der Waals surface area contributed by atoms with E-state index in [0.717, 1.165) is 64.5 Å². The summed E-state index contributed by atoms with van der Waals surface area (Å²) in [5, 5.41) is 3.37. The molecule has 2 fully saturated rings. The van der Waals surface area contributed by atoms with E-state index in [4.69, 9.17) is 0 Å². The van der Waals surface area contributed by atoms with Crippen molar-refractivity contribution in [1.29, 1.82) is 0 Å². The van der Waals surface area contributed by atoms with Crippen LogP contribution in [0.25, 0.3) is 0 Å². The Balaban J connectivity index is 1.57. The van der Waals surface area contributed by atoms with Crippen LogP contribution in [-0.4, -0.2) is 80.0 Å². The fourth-order valence-corrected chi connectivity index (χ4v) is 3.07. The number of hydrogen-bond acceptors (Lipinski definition) is 4. The van der Waals surface area contributed by atoms with Gasteiger partial charge in [-0.05, 0) is 24.7 Å². The molecule has 0 atom stereocenters. The van der Waals surface area contributed by atoms with Crippen molar-refractivity contribution in [2.75, 3.05) is 59.4 Å². The number of nitrogens with one attached hydrogen (secondary N) is 1. The summed E-state index contributed by atoms with van der Waals surface area (Å²) in [7, 11) is 2.10. The smallest absolute Gasteiger partial charge is 0.253 e. The molecule has 0 unspecified atom stereocenters. The number of amides is 1. The minimum Gasteiger partial charge on any atom is -0.336 e. The predicted molar refractivity (Wildman–Crippen MR) is 88.0 cm³/mol. The number of likely N-dealkylation sites (N-methyl/N-ethyl adjacent to an activating group) is 1. The molecule has 2 aliphatic rings. The molecule has 2 heterocycles. The Morgan fingerprint density at radius 3 is 2.27 bits per heavy atom. The lowest BCUT2D eigenvalue weighted by atomic mass is 10.1. The summed E-state index contributed by atoms with van der Waals surface area (Å²) in [6.07, 6.45) is 0. The number of nitrogens with zero attached hydrogens (tertiary/aromatic N) is 3. The molecule has 0 aliphatic carbocycles. The predicted octanol–water partition coefficient (Wildman–Crippen LogP) is 0.479. The van der Waals surface area contributed by atoms with Crippen LogP contribution in [0.2, 0.25) is 0 Å². The van der Waals surface area contributed by atoms with Gasteiger partial charge in [-0.25, -0.2) is 0 Å². The van der Waals surface area contributed by atoms with Crippen molar-refractivity contribution in [1.82, 2.24) is 20.0 Å². The van der Waals surface area contributed by atoms with Crippen molar-refractivity contribution in [2.24, 2.45) is 0 Å². The highest BCUT2D eigenvalue weighted by atomic mass is 16.2. The zero-order valence-corrected chi connectivity index (χ0v) is 13.4. The summed E-state index contributed by atoms with van der Waals surface area (Å²) in [6, 6.07) is 8.17. The average Bonchev–Trinajstić information content (AvgIpc) is 2.57. The van der Waals surface area contributed by atoms with E-state index in [1.807, 2.05) is 17.0 Å². The fourth-order valence-electron chi connectivity index (χ4n) is 3.07. The minimum absolute atomic E-state index is 0.168. The molecule has 1 N–H and O–H groups in total. The van der Waals surface area contributed by atoms with E-state index in [2.05, 4.69) is 34.3 Å². The van der Waals surface area contributed by atoms with Crippen molar-refractivity contribution in [3.8, 4) is 0 Å². The largest absolute Gasteiger partial charge is 0.336 e. The van der Waals surface area contributed by atoms with Gasteiger partial charge in [-0.3, -0.25) is 9.69 Å². The van der Waals surface area contributed by atoms with Crippen molar-refractivity contribution < 1.29 is 4.79 Å². The molecule has 22 heavy (non-hydrogen) atoms. The molecule has 0 aromatic heterocycles. The number of piperazine rings is 2. The van der Waals surface area contributed by atoms with Crippen LogP contribution in [0.4, 0.5) is 0 Å². The molecule has 1 aromatic carbocycles. The van der Waals surface area contributed by atoms with E-state index in [1.54, 1.807) is 0 Å². The third-order valence-corrected chi connectivity index (χ3v) is 4.61. The molecule has 0 radical (unpaired) electrons. The summed E-state index contributed by atoms with van der Waals surface area (Å²) >= 11 is 0.